The second-order valence-corrected chi connectivity index (χ2v) is 15.4. The quantitative estimate of drug-likeness (QED) is 0.446. The van der Waals surface area contributed by atoms with E-state index >= 15 is 0 Å². The third-order valence-corrected chi connectivity index (χ3v) is 11.2. The fourth-order valence-corrected chi connectivity index (χ4v) is 4.80. The molecule has 1 N–H and O–H groups in total. The highest BCUT2D eigenvalue weighted by Crippen LogP contribution is 2.38. The van der Waals surface area contributed by atoms with Crippen molar-refractivity contribution in [3.8, 4) is 5.75 Å². The largest absolute Gasteiger partial charge is 0.544 e. The number of aliphatic hydroxyl groups excluding tert-OH is 1. The fraction of sp³-hybridized carbons (Fsp3) is 0.708. The van der Waals surface area contributed by atoms with E-state index in [0.29, 0.717) is 23.3 Å². The van der Waals surface area contributed by atoms with Crippen molar-refractivity contribution in [1.82, 2.24) is 0 Å². The van der Waals surface area contributed by atoms with Gasteiger partial charge >= 0.3 is 5.97 Å². The highest BCUT2D eigenvalue weighted by atomic mass is 28.4. The molecule has 2 rings (SSSR count). The first-order valence-corrected chi connectivity index (χ1v) is 13.9. The van der Waals surface area contributed by atoms with Crippen LogP contribution in [0.15, 0.2) is 24.3 Å². The van der Waals surface area contributed by atoms with E-state index in [1.54, 1.807) is 12.1 Å². The van der Waals surface area contributed by atoms with Gasteiger partial charge in [-0.15, -0.1) is 0 Å². The third-order valence-electron chi connectivity index (χ3n) is 6.83. The molecule has 1 fully saturated rings. The van der Waals surface area contributed by atoms with Gasteiger partial charge in [0.05, 0.1) is 0 Å². The number of aliphatic hydroxyl groups is 1. The normalized spacial score (nSPS) is 24.3. The average Bonchev–Trinajstić information content (AvgIpc) is 2.60. The van der Waals surface area contributed by atoms with Gasteiger partial charge in [0.2, 0.25) is 8.32 Å². The van der Waals surface area contributed by atoms with Crippen LogP contribution in [-0.4, -0.2) is 25.5 Å². The molecule has 0 aromatic heterocycles. The van der Waals surface area contributed by atoms with Crippen LogP contribution >= 0.6 is 0 Å². The molecule has 0 bridgehead atoms. The molecule has 0 heterocycles. The minimum Gasteiger partial charge on any atom is -0.544 e. The highest BCUT2D eigenvalue weighted by molar-refractivity contribution is 6.74. The van der Waals surface area contributed by atoms with Gasteiger partial charge in [-0.2, -0.15) is 0 Å². The number of rotatable bonds is 6. The lowest BCUT2D eigenvalue weighted by Gasteiger charge is -2.37. The Morgan fingerprint density at radius 2 is 1.72 bits per heavy atom. The summed E-state index contributed by atoms with van der Waals surface area (Å²) in [5.74, 6) is 1.60. The van der Waals surface area contributed by atoms with Crippen molar-refractivity contribution in [3.05, 3.63) is 29.8 Å². The Labute approximate surface area is 178 Å². The second-order valence-electron chi connectivity index (χ2n) is 10.6. The summed E-state index contributed by atoms with van der Waals surface area (Å²) in [6, 6.07) is 7.20. The summed E-state index contributed by atoms with van der Waals surface area (Å²) < 4.78 is 12.1. The van der Waals surface area contributed by atoms with Gasteiger partial charge in [-0.25, -0.2) is 4.79 Å². The summed E-state index contributed by atoms with van der Waals surface area (Å²) >= 11 is 0. The maximum absolute atomic E-state index is 12.6. The minimum atomic E-state index is -1.92. The molecular weight excluding hydrogens is 380 g/mol. The number of hydrogen-bond donors (Lipinski definition) is 1. The van der Waals surface area contributed by atoms with E-state index in [1.807, 2.05) is 12.1 Å². The van der Waals surface area contributed by atoms with Gasteiger partial charge in [-0.3, -0.25) is 0 Å². The lowest BCUT2D eigenvalue weighted by atomic mass is 9.75. The summed E-state index contributed by atoms with van der Waals surface area (Å²) in [6.07, 6.45) is 1.76. The van der Waals surface area contributed by atoms with Crippen LogP contribution in [-0.2, 0) is 9.53 Å². The van der Waals surface area contributed by atoms with Crippen molar-refractivity contribution in [1.29, 1.82) is 0 Å². The SMILES string of the molecule is CC(C)[C@@H]1CC[C@@H](C)C[C@H]1OC(=O)[C@H](O)c1ccc(O[Si](C)(C)C(C)(C)C)cc1. The van der Waals surface area contributed by atoms with Crippen molar-refractivity contribution < 1.29 is 19.1 Å². The molecule has 1 saturated carbocycles. The third kappa shape index (κ3) is 6.08. The first-order valence-electron chi connectivity index (χ1n) is 11.0. The smallest absolute Gasteiger partial charge is 0.339 e. The molecule has 0 unspecified atom stereocenters. The molecule has 1 aromatic rings. The first kappa shape index (κ1) is 23.9. The van der Waals surface area contributed by atoms with Gasteiger partial charge in [-0.05, 0) is 66.4 Å². The van der Waals surface area contributed by atoms with Gasteiger partial charge in [0.25, 0.3) is 0 Å². The summed E-state index contributed by atoms with van der Waals surface area (Å²) in [4.78, 5) is 12.6. The molecule has 164 valence electrons. The zero-order chi connectivity index (χ0) is 22.0. The molecular formula is C24H40O4Si. The standard InChI is InChI=1S/C24H40O4Si/c1-16(2)20-14-9-17(3)15-21(20)27-23(26)22(25)18-10-12-19(13-11-18)28-29(7,8)24(4,5)6/h10-13,16-17,20-22,25H,9,14-15H2,1-8H3/t17-,20+,21-,22-/m1/s1. The summed E-state index contributed by atoms with van der Waals surface area (Å²) in [6.45, 7) is 17.6. The van der Waals surface area contributed by atoms with Crippen molar-refractivity contribution in [2.75, 3.05) is 0 Å². The second kappa shape index (κ2) is 9.21. The van der Waals surface area contributed by atoms with E-state index in [-0.39, 0.29) is 11.1 Å². The predicted molar refractivity (Wildman–Crippen MR) is 120 cm³/mol. The Hall–Kier alpha value is -1.33. The number of carbonyl (C=O) groups is 1. The molecule has 0 saturated heterocycles. The van der Waals surface area contributed by atoms with Gasteiger partial charge in [0.15, 0.2) is 6.10 Å². The number of ether oxygens (including phenoxy) is 1. The number of esters is 1. The number of carbonyl (C=O) groups excluding carboxylic acids is 1. The van der Waals surface area contributed by atoms with E-state index in [0.717, 1.165) is 18.6 Å². The van der Waals surface area contributed by atoms with Crippen molar-refractivity contribution in [3.63, 3.8) is 0 Å². The van der Waals surface area contributed by atoms with Gasteiger partial charge < -0.3 is 14.3 Å². The molecule has 1 aromatic carbocycles. The highest BCUT2D eigenvalue weighted by Gasteiger charge is 2.39. The molecule has 4 nitrogen and oxygen atoms in total. The molecule has 5 heteroatoms. The van der Waals surface area contributed by atoms with E-state index < -0.39 is 20.4 Å². The summed E-state index contributed by atoms with van der Waals surface area (Å²) in [5.41, 5.74) is 0.544. The Balaban J connectivity index is 2.04. The Bertz CT molecular complexity index is 675. The van der Waals surface area contributed by atoms with Gasteiger partial charge in [0, 0.05) is 0 Å². The molecule has 0 aliphatic heterocycles. The lowest BCUT2D eigenvalue weighted by Crippen LogP contribution is -2.43. The van der Waals surface area contributed by atoms with E-state index in [1.165, 1.54) is 6.42 Å². The van der Waals surface area contributed by atoms with Crippen LogP contribution in [0.5, 0.6) is 5.75 Å². The van der Waals surface area contributed by atoms with E-state index in [2.05, 4.69) is 54.6 Å². The van der Waals surface area contributed by atoms with E-state index in [9.17, 15) is 9.90 Å². The topological polar surface area (TPSA) is 55.8 Å². The van der Waals surface area contributed by atoms with Crippen LogP contribution in [0.1, 0.15) is 72.5 Å². The van der Waals surface area contributed by atoms with Crippen LogP contribution in [0.4, 0.5) is 0 Å². The number of hydrogen-bond acceptors (Lipinski definition) is 4. The Morgan fingerprint density at radius 1 is 1.14 bits per heavy atom. The van der Waals surface area contributed by atoms with Crippen LogP contribution in [0.25, 0.3) is 0 Å². The molecule has 4 atom stereocenters. The predicted octanol–water partition coefficient (Wildman–Crippen LogP) is 6.11. The zero-order valence-corrected chi connectivity index (χ0v) is 20.5. The van der Waals surface area contributed by atoms with Crippen molar-refractivity contribution in [2.45, 2.75) is 91.1 Å². The van der Waals surface area contributed by atoms with Crippen LogP contribution < -0.4 is 4.43 Å². The summed E-state index contributed by atoms with van der Waals surface area (Å²) in [5, 5.41) is 10.7. The van der Waals surface area contributed by atoms with Gasteiger partial charge in [-0.1, -0.05) is 60.1 Å². The Morgan fingerprint density at radius 3 is 2.24 bits per heavy atom. The Kier molecular flexibility index (Phi) is 7.61. The molecule has 1 aliphatic rings. The van der Waals surface area contributed by atoms with Crippen molar-refractivity contribution >= 4 is 14.3 Å². The molecule has 0 spiro atoms. The van der Waals surface area contributed by atoms with Crippen molar-refractivity contribution in [2.24, 2.45) is 17.8 Å². The maximum Gasteiger partial charge on any atom is 0.339 e. The van der Waals surface area contributed by atoms with Crippen LogP contribution in [0.3, 0.4) is 0 Å². The minimum absolute atomic E-state index is 0.109. The molecule has 0 amide bonds. The zero-order valence-electron chi connectivity index (χ0n) is 19.5. The summed E-state index contributed by atoms with van der Waals surface area (Å²) in [7, 11) is -1.92. The molecule has 1 aliphatic carbocycles. The van der Waals surface area contributed by atoms with Crippen LogP contribution in [0.2, 0.25) is 18.1 Å². The van der Waals surface area contributed by atoms with Gasteiger partial charge in [0.1, 0.15) is 11.9 Å². The lowest BCUT2D eigenvalue weighted by molar-refractivity contribution is -0.166. The van der Waals surface area contributed by atoms with E-state index in [4.69, 9.17) is 9.16 Å². The monoisotopic (exact) mass is 420 g/mol. The first-order chi connectivity index (χ1) is 13.3. The molecule has 0 radical (unpaired) electrons. The number of benzene rings is 1. The fourth-order valence-electron chi connectivity index (χ4n) is 3.77. The average molecular weight is 421 g/mol. The maximum atomic E-state index is 12.6. The molecule has 29 heavy (non-hydrogen) atoms. The van der Waals surface area contributed by atoms with Crippen LogP contribution in [0, 0.1) is 17.8 Å².